The van der Waals surface area contributed by atoms with E-state index in [9.17, 15) is 4.79 Å². The minimum absolute atomic E-state index is 0.0987. The zero-order chi connectivity index (χ0) is 18.7. The lowest BCUT2D eigenvalue weighted by Gasteiger charge is -2.09. The second-order valence-corrected chi connectivity index (χ2v) is 7.28. The topological polar surface area (TPSA) is 56.2 Å². The molecule has 9 heteroatoms. The van der Waals surface area contributed by atoms with Crippen molar-refractivity contribution in [2.24, 2.45) is 0 Å². The maximum atomic E-state index is 12.3. The molecule has 1 aromatic heterocycles. The first-order chi connectivity index (χ1) is 12.4. The number of amides is 1. The normalized spacial score (nSPS) is 10.6. The first-order valence-corrected chi connectivity index (χ1v) is 9.23. The summed E-state index contributed by atoms with van der Waals surface area (Å²) >= 11 is 21.5. The zero-order valence-electron chi connectivity index (χ0n) is 13.0. The molecule has 26 heavy (non-hydrogen) atoms. The summed E-state index contributed by atoms with van der Waals surface area (Å²) < 4.78 is 7.93. The number of para-hydroxylation sites is 1. The second-order valence-electron chi connectivity index (χ2n) is 5.14. The van der Waals surface area contributed by atoms with Gasteiger partial charge in [0, 0.05) is 10.7 Å². The highest BCUT2D eigenvalue weighted by Crippen LogP contribution is 2.30. The first kappa shape index (κ1) is 19.0. The number of aromatic nitrogens is 2. The predicted molar refractivity (Wildman–Crippen MR) is 106 cm³/mol. The van der Waals surface area contributed by atoms with Crippen molar-refractivity contribution >= 4 is 62.3 Å². The highest BCUT2D eigenvalue weighted by atomic mass is 79.9. The fourth-order valence-corrected chi connectivity index (χ4v) is 3.30. The number of hydrogen-bond acceptors (Lipinski definition) is 3. The van der Waals surface area contributed by atoms with Crippen molar-refractivity contribution < 1.29 is 9.53 Å². The van der Waals surface area contributed by atoms with Crippen LogP contribution in [0.5, 0.6) is 5.75 Å². The largest absolute Gasteiger partial charge is 0.470 e. The molecule has 1 heterocycles. The molecule has 0 unspecified atom stereocenters. The number of halogens is 4. The molecule has 0 aliphatic rings. The number of anilines is 1. The number of carbonyl (C=O) groups excluding carboxylic acids is 1. The van der Waals surface area contributed by atoms with E-state index in [1.54, 1.807) is 42.6 Å². The maximum absolute atomic E-state index is 12.3. The van der Waals surface area contributed by atoms with Crippen LogP contribution in [0.2, 0.25) is 15.1 Å². The molecule has 0 radical (unpaired) electrons. The lowest BCUT2D eigenvalue weighted by molar-refractivity contribution is 0.102. The molecule has 0 spiro atoms. The van der Waals surface area contributed by atoms with Gasteiger partial charge in [-0.2, -0.15) is 5.10 Å². The molecule has 0 saturated heterocycles. The molecule has 1 amide bonds. The Labute approximate surface area is 172 Å². The SMILES string of the molecule is O=C(Nc1c(Cl)cccc1Cl)c1ccn(COc2ccc(Br)cc2Cl)n1. The van der Waals surface area contributed by atoms with Crippen molar-refractivity contribution in [3.8, 4) is 5.75 Å². The number of carbonyl (C=O) groups is 1. The molecule has 1 N–H and O–H groups in total. The lowest BCUT2D eigenvalue weighted by Crippen LogP contribution is -2.14. The van der Waals surface area contributed by atoms with Crippen LogP contribution in [-0.4, -0.2) is 15.7 Å². The third-order valence-corrected chi connectivity index (χ3v) is 4.74. The molecule has 3 aromatic rings. The Bertz CT molecular complexity index is 942. The fourth-order valence-electron chi connectivity index (χ4n) is 2.08. The molecule has 2 aromatic carbocycles. The van der Waals surface area contributed by atoms with Crippen molar-refractivity contribution in [3.05, 3.63) is 73.9 Å². The van der Waals surface area contributed by atoms with E-state index >= 15 is 0 Å². The lowest BCUT2D eigenvalue weighted by atomic mass is 10.3. The van der Waals surface area contributed by atoms with Gasteiger partial charge in [0.25, 0.3) is 5.91 Å². The number of nitrogens with zero attached hydrogens (tertiary/aromatic N) is 2. The standard InChI is InChI=1S/C17H11BrCl3N3O2/c18-10-4-5-15(13(21)8-10)26-9-24-7-6-14(23-24)17(25)22-16-11(19)2-1-3-12(16)20/h1-8H,9H2,(H,22,25). The van der Waals surface area contributed by atoms with Crippen LogP contribution in [0.3, 0.4) is 0 Å². The van der Waals surface area contributed by atoms with Crippen LogP contribution in [-0.2, 0) is 6.73 Å². The summed E-state index contributed by atoms with van der Waals surface area (Å²) in [7, 11) is 0. The molecule has 3 rings (SSSR count). The smallest absolute Gasteiger partial charge is 0.276 e. The third kappa shape index (κ3) is 4.51. The quantitative estimate of drug-likeness (QED) is 0.500. The Balaban J connectivity index is 1.66. The van der Waals surface area contributed by atoms with Crippen LogP contribution < -0.4 is 10.1 Å². The number of nitrogens with one attached hydrogen (secondary N) is 1. The number of hydrogen-bond donors (Lipinski definition) is 1. The van der Waals surface area contributed by atoms with E-state index in [4.69, 9.17) is 39.5 Å². The van der Waals surface area contributed by atoms with Crippen molar-refractivity contribution in [2.75, 3.05) is 5.32 Å². The Hall–Kier alpha value is -1.73. The van der Waals surface area contributed by atoms with Gasteiger partial charge in [-0.15, -0.1) is 0 Å². The molecular weight excluding hydrogens is 464 g/mol. The van der Waals surface area contributed by atoms with Gasteiger partial charge in [-0.05, 0) is 36.4 Å². The molecule has 0 aliphatic carbocycles. The average molecular weight is 476 g/mol. The molecule has 0 saturated carbocycles. The van der Waals surface area contributed by atoms with Gasteiger partial charge in [0.05, 0.1) is 20.8 Å². The maximum Gasteiger partial charge on any atom is 0.276 e. The van der Waals surface area contributed by atoms with E-state index in [1.165, 1.54) is 4.68 Å². The number of benzene rings is 2. The minimum atomic E-state index is -0.430. The molecule has 0 atom stereocenters. The van der Waals surface area contributed by atoms with Crippen LogP contribution in [0.1, 0.15) is 10.5 Å². The van der Waals surface area contributed by atoms with Gasteiger partial charge in [-0.25, -0.2) is 4.68 Å². The molecule has 0 fully saturated rings. The number of rotatable bonds is 5. The Morgan fingerprint density at radius 1 is 1.12 bits per heavy atom. The monoisotopic (exact) mass is 473 g/mol. The van der Waals surface area contributed by atoms with Gasteiger partial charge in [0.15, 0.2) is 12.4 Å². The number of ether oxygens (including phenoxy) is 1. The summed E-state index contributed by atoms with van der Waals surface area (Å²) in [5.74, 6) is 0.0830. The van der Waals surface area contributed by atoms with E-state index in [0.29, 0.717) is 26.5 Å². The van der Waals surface area contributed by atoms with Crippen LogP contribution in [0, 0.1) is 0 Å². The van der Waals surface area contributed by atoms with Crippen molar-refractivity contribution in [3.63, 3.8) is 0 Å². The van der Waals surface area contributed by atoms with Crippen LogP contribution in [0.25, 0.3) is 0 Å². The zero-order valence-corrected chi connectivity index (χ0v) is 16.9. The fraction of sp³-hybridized carbons (Fsp3) is 0.0588. The Morgan fingerprint density at radius 2 is 1.85 bits per heavy atom. The molecule has 5 nitrogen and oxygen atoms in total. The Morgan fingerprint density at radius 3 is 2.54 bits per heavy atom. The van der Waals surface area contributed by atoms with Crippen molar-refractivity contribution in [2.45, 2.75) is 6.73 Å². The third-order valence-electron chi connectivity index (χ3n) is 3.32. The van der Waals surface area contributed by atoms with Gasteiger partial charge in [0.1, 0.15) is 5.75 Å². The van der Waals surface area contributed by atoms with Gasteiger partial charge in [-0.3, -0.25) is 4.79 Å². The highest BCUT2D eigenvalue weighted by Gasteiger charge is 2.14. The van der Waals surface area contributed by atoms with Gasteiger partial charge >= 0.3 is 0 Å². The molecule has 134 valence electrons. The van der Waals surface area contributed by atoms with Gasteiger partial charge in [0.2, 0.25) is 0 Å². The van der Waals surface area contributed by atoms with E-state index in [1.807, 2.05) is 6.07 Å². The van der Waals surface area contributed by atoms with Gasteiger partial charge in [-0.1, -0.05) is 56.8 Å². The van der Waals surface area contributed by atoms with E-state index in [2.05, 4.69) is 26.3 Å². The molecule has 0 bridgehead atoms. The van der Waals surface area contributed by atoms with Crippen molar-refractivity contribution in [1.82, 2.24) is 9.78 Å². The summed E-state index contributed by atoms with van der Waals surface area (Å²) in [5, 5.41) is 7.98. The van der Waals surface area contributed by atoms with Crippen LogP contribution in [0.15, 0.2) is 53.1 Å². The van der Waals surface area contributed by atoms with Gasteiger partial charge < -0.3 is 10.1 Å². The van der Waals surface area contributed by atoms with Crippen molar-refractivity contribution in [1.29, 1.82) is 0 Å². The first-order valence-electron chi connectivity index (χ1n) is 7.30. The summed E-state index contributed by atoms with van der Waals surface area (Å²) in [6.45, 7) is 0.0987. The van der Waals surface area contributed by atoms with E-state index in [0.717, 1.165) is 4.47 Å². The summed E-state index contributed by atoms with van der Waals surface area (Å²) in [5.41, 5.74) is 0.541. The molecular formula is C17H11BrCl3N3O2. The van der Waals surface area contributed by atoms with Crippen LogP contribution >= 0.6 is 50.7 Å². The average Bonchev–Trinajstić information content (AvgIpc) is 3.06. The summed E-state index contributed by atoms with van der Waals surface area (Å²) in [4.78, 5) is 12.3. The van der Waals surface area contributed by atoms with E-state index in [-0.39, 0.29) is 12.4 Å². The van der Waals surface area contributed by atoms with Crippen LogP contribution in [0.4, 0.5) is 5.69 Å². The predicted octanol–water partition coefficient (Wildman–Crippen LogP) is 5.89. The highest BCUT2D eigenvalue weighted by molar-refractivity contribution is 9.10. The second kappa shape index (κ2) is 8.31. The summed E-state index contributed by atoms with van der Waals surface area (Å²) in [6.07, 6.45) is 1.62. The van der Waals surface area contributed by atoms with E-state index < -0.39 is 5.91 Å². The Kier molecular flexibility index (Phi) is 6.09. The molecule has 0 aliphatic heterocycles. The minimum Gasteiger partial charge on any atom is -0.470 e. The summed E-state index contributed by atoms with van der Waals surface area (Å²) in [6, 6.07) is 11.8.